The molecule has 0 saturated carbocycles. The van der Waals surface area contributed by atoms with Crippen molar-refractivity contribution in [3.05, 3.63) is 27.8 Å². The lowest BCUT2D eigenvalue weighted by atomic mass is 10.2. The Balaban J connectivity index is 1.88. The van der Waals surface area contributed by atoms with E-state index in [1.54, 1.807) is 6.07 Å². The Labute approximate surface area is 162 Å². The van der Waals surface area contributed by atoms with Gasteiger partial charge in [-0.15, -0.1) is 0 Å². The summed E-state index contributed by atoms with van der Waals surface area (Å²) in [6.45, 7) is 4.88. The van der Waals surface area contributed by atoms with E-state index in [1.165, 1.54) is 26.5 Å². The van der Waals surface area contributed by atoms with Gasteiger partial charge in [0.25, 0.3) is 0 Å². The zero-order valence-electron chi connectivity index (χ0n) is 15.3. The third-order valence-electron chi connectivity index (χ3n) is 3.88. The van der Waals surface area contributed by atoms with Crippen LogP contribution in [0.2, 0.25) is 0 Å². The molecule has 1 aliphatic heterocycles. The van der Waals surface area contributed by atoms with E-state index < -0.39 is 4.92 Å². The number of thiocarbonyl (C=S) groups is 1. The molecule has 11 heteroatoms. The maximum atomic E-state index is 11.2. The van der Waals surface area contributed by atoms with E-state index in [4.69, 9.17) is 26.4 Å². The third-order valence-corrected chi connectivity index (χ3v) is 4.11. The van der Waals surface area contributed by atoms with Crippen LogP contribution in [0.4, 0.5) is 5.69 Å². The topological polar surface area (TPSA) is 110 Å². The molecule has 0 bridgehead atoms. The summed E-state index contributed by atoms with van der Waals surface area (Å²) in [7, 11) is 2.76. The van der Waals surface area contributed by atoms with Gasteiger partial charge in [0.1, 0.15) is 0 Å². The molecule has 1 aliphatic rings. The van der Waals surface area contributed by atoms with Gasteiger partial charge in [-0.25, -0.2) is 0 Å². The van der Waals surface area contributed by atoms with Crippen molar-refractivity contribution < 1.29 is 19.1 Å². The van der Waals surface area contributed by atoms with Crippen LogP contribution < -0.4 is 20.2 Å². The predicted octanol–water partition coefficient (Wildman–Crippen LogP) is 0.742. The van der Waals surface area contributed by atoms with Crippen LogP contribution in [0.15, 0.2) is 17.2 Å². The molecule has 1 aromatic rings. The lowest BCUT2D eigenvalue weighted by Crippen LogP contribution is -2.42. The summed E-state index contributed by atoms with van der Waals surface area (Å²) in [4.78, 5) is 12.9. The van der Waals surface area contributed by atoms with Crippen molar-refractivity contribution in [1.29, 1.82) is 0 Å². The zero-order valence-corrected chi connectivity index (χ0v) is 16.1. The minimum Gasteiger partial charge on any atom is -0.493 e. The third kappa shape index (κ3) is 6.31. The second-order valence-corrected chi connectivity index (χ2v) is 6.02. The lowest BCUT2D eigenvalue weighted by Gasteiger charge is -2.26. The predicted molar refractivity (Wildman–Crippen MR) is 105 cm³/mol. The van der Waals surface area contributed by atoms with E-state index >= 15 is 0 Å². The molecule has 1 heterocycles. The van der Waals surface area contributed by atoms with Crippen LogP contribution in [-0.4, -0.2) is 74.8 Å². The quantitative estimate of drug-likeness (QED) is 0.284. The molecule has 0 aromatic heterocycles. The fourth-order valence-corrected chi connectivity index (χ4v) is 2.69. The van der Waals surface area contributed by atoms with Crippen molar-refractivity contribution in [3.63, 3.8) is 0 Å². The zero-order chi connectivity index (χ0) is 19.6. The molecule has 2 N–H and O–H groups in total. The number of ether oxygens (including phenoxy) is 3. The van der Waals surface area contributed by atoms with Crippen molar-refractivity contribution in [2.24, 2.45) is 5.10 Å². The summed E-state index contributed by atoms with van der Waals surface area (Å²) >= 11 is 5.16. The number of hydrazone groups is 1. The average Bonchev–Trinajstić information content (AvgIpc) is 2.68. The summed E-state index contributed by atoms with van der Waals surface area (Å²) in [6, 6.07) is 2.94. The second-order valence-electron chi connectivity index (χ2n) is 5.61. The van der Waals surface area contributed by atoms with E-state index in [0.29, 0.717) is 17.2 Å². The number of nitrogens with one attached hydrogen (secondary N) is 2. The van der Waals surface area contributed by atoms with Gasteiger partial charge in [0.05, 0.1) is 38.6 Å². The molecule has 0 unspecified atom stereocenters. The lowest BCUT2D eigenvalue weighted by molar-refractivity contribution is -0.385. The SMILES string of the molecule is COc1cc(/C=N/NC(=S)NCCN2CCOCC2)cc([N+](=O)[O-])c1OC. The summed E-state index contributed by atoms with van der Waals surface area (Å²) < 4.78 is 15.5. The normalized spacial score (nSPS) is 14.7. The van der Waals surface area contributed by atoms with Crippen molar-refractivity contribution in [2.45, 2.75) is 0 Å². The maximum Gasteiger partial charge on any atom is 0.315 e. The van der Waals surface area contributed by atoms with E-state index in [0.717, 1.165) is 32.8 Å². The Hall–Kier alpha value is -2.50. The van der Waals surface area contributed by atoms with Crippen molar-refractivity contribution in [2.75, 3.05) is 53.6 Å². The van der Waals surface area contributed by atoms with Crippen LogP contribution >= 0.6 is 12.2 Å². The molecule has 0 radical (unpaired) electrons. The molecule has 2 rings (SSSR count). The van der Waals surface area contributed by atoms with Crippen LogP contribution in [0, 0.1) is 10.1 Å². The number of hydrogen-bond donors (Lipinski definition) is 2. The van der Waals surface area contributed by atoms with Gasteiger partial charge >= 0.3 is 5.69 Å². The van der Waals surface area contributed by atoms with Gasteiger partial charge in [0.15, 0.2) is 10.9 Å². The molecule has 27 heavy (non-hydrogen) atoms. The van der Waals surface area contributed by atoms with Gasteiger partial charge in [-0.3, -0.25) is 20.4 Å². The molecule has 0 atom stereocenters. The van der Waals surface area contributed by atoms with Crippen LogP contribution in [0.3, 0.4) is 0 Å². The van der Waals surface area contributed by atoms with E-state index in [1.807, 2.05) is 0 Å². The van der Waals surface area contributed by atoms with Crippen LogP contribution in [0.5, 0.6) is 11.5 Å². The van der Waals surface area contributed by atoms with E-state index in [-0.39, 0.29) is 17.2 Å². The van der Waals surface area contributed by atoms with Gasteiger partial charge in [-0.2, -0.15) is 5.10 Å². The highest BCUT2D eigenvalue weighted by Crippen LogP contribution is 2.37. The first kappa shape index (κ1) is 20.8. The van der Waals surface area contributed by atoms with Crippen molar-refractivity contribution in [1.82, 2.24) is 15.6 Å². The highest BCUT2D eigenvalue weighted by molar-refractivity contribution is 7.80. The number of nitrogens with zero attached hydrogens (tertiary/aromatic N) is 3. The average molecular weight is 397 g/mol. The van der Waals surface area contributed by atoms with Crippen LogP contribution in [0.25, 0.3) is 0 Å². The second kappa shape index (κ2) is 10.6. The smallest absolute Gasteiger partial charge is 0.315 e. The fourth-order valence-electron chi connectivity index (χ4n) is 2.53. The molecule has 10 nitrogen and oxygen atoms in total. The maximum absolute atomic E-state index is 11.2. The Morgan fingerprint density at radius 1 is 1.41 bits per heavy atom. The summed E-state index contributed by atoms with van der Waals surface area (Å²) in [5.74, 6) is 0.312. The van der Waals surface area contributed by atoms with Gasteiger partial charge in [0.2, 0.25) is 5.75 Å². The number of nitro benzene ring substituents is 1. The first-order valence-electron chi connectivity index (χ1n) is 8.32. The molecule has 0 aliphatic carbocycles. The summed E-state index contributed by atoms with van der Waals surface area (Å²) in [6.07, 6.45) is 1.42. The number of morpholine rings is 1. The molecule has 1 aromatic carbocycles. The minimum absolute atomic E-state index is 0.0629. The number of nitro groups is 1. The molecule has 0 amide bonds. The molecule has 1 fully saturated rings. The first-order valence-corrected chi connectivity index (χ1v) is 8.73. The molecule has 1 saturated heterocycles. The molecule has 0 spiro atoms. The summed E-state index contributed by atoms with van der Waals surface area (Å²) in [5, 5.41) is 18.6. The number of hydrogen-bond acceptors (Lipinski definition) is 8. The molecular formula is C16H23N5O5S. The van der Waals surface area contributed by atoms with Crippen molar-refractivity contribution in [3.8, 4) is 11.5 Å². The standard InChI is InChI=1S/C16H23N5O5S/c1-24-14-10-12(9-13(21(22)23)15(14)25-2)11-18-19-16(27)17-3-4-20-5-7-26-8-6-20/h9-11H,3-8H2,1-2H3,(H2,17,19,27)/b18-11+. The number of rotatable bonds is 8. The highest BCUT2D eigenvalue weighted by atomic mass is 32.1. The van der Waals surface area contributed by atoms with E-state index in [2.05, 4.69) is 20.7 Å². The van der Waals surface area contributed by atoms with Crippen LogP contribution in [0.1, 0.15) is 5.56 Å². The van der Waals surface area contributed by atoms with Gasteiger partial charge in [-0.05, 0) is 18.3 Å². The molecule has 148 valence electrons. The Morgan fingerprint density at radius 2 is 2.15 bits per heavy atom. The van der Waals surface area contributed by atoms with Crippen LogP contribution in [-0.2, 0) is 4.74 Å². The Bertz CT molecular complexity index is 694. The van der Waals surface area contributed by atoms with Crippen molar-refractivity contribution >= 4 is 29.2 Å². The minimum atomic E-state index is -0.538. The number of benzene rings is 1. The first-order chi connectivity index (χ1) is 13.0. The van der Waals surface area contributed by atoms with Gasteiger partial charge in [0, 0.05) is 37.8 Å². The van der Waals surface area contributed by atoms with E-state index in [9.17, 15) is 10.1 Å². The van der Waals surface area contributed by atoms with Gasteiger partial charge < -0.3 is 19.5 Å². The van der Waals surface area contributed by atoms with Gasteiger partial charge in [-0.1, -0.05) is 0 Å². The molecular weight excluding hydrogens is 374 g/mol. The summed E-state index contributed by atoms with van der Waals surface area (Å²) in [5.41, 5.74) is 2.96. The highest BCUT2D eigenvalue weighted by Gasteiger charge is 2.21. The largest absolute Gasteiger partial charge is 0.493 e. The Kier molecular flexibility index (Phi) is 8.17. The Morgan fingerprint density at radius 3 is 2.78 bits per heavy atom. The number of methoxy groups -OCH3 is 2. The fraction of sp³-hybridized carbons (Fsp3) is 0.500. The monoisotopic (exact) mass is 397 g/mol.